The molecule has 0 aliphatic carbocycles. The maximum atomic E-state index is 12.3. The molecule has 0 bridgehead atoms. The van der Waals surface area contributed by atoms with Gasteiger partial charge in [0.2, 0.25) is 5.91 Å². The molecule has 1 unspecified atom stereocenters. The third kappa shape index (κ3) is 3.16. The van der Waals surface area contributed by atoms with Gasteiger partial charge in [-0.15, -0.1) is 0 Å². The second-order valence-electron chi connectivity index (χ2n) is 6.90. The fourth-order valence-electron chi connectivity index (χ4n) is 3.85. The van der Waals surface area contributed by atoms with Gasteiger partial charge in [0.25, 0.3) is 0 Å². The molecule has 0 spiro atoms. The fourth-order valence-corrected chi connectivity index (χ4v) is 3.85. The summed E-state index contributed by atoms with van der Waals surface area (Å²) in [5, 5.41) is 3.65. The highest BCUT2D eigenvalue weighted by molar-refractivity contribution is 5.79. The first-order valence-electron chi connectivity index (χ1n) is 9.01. The summed E-state index contributed by atoms with van der Waals surface area (Å²) in [7, 11) is 0. The van der Waals surface area contributed by atoms with E-state index in [2.05, 4.69) is 53.8 Å². The lowest BCUT2D eigenvalue weighted by Gasteiger charge is -2.28. The van der Waals surface area contributed by atoms with Crippen molar-refractivity contribution in [1.29, 1.82) is 0 Å². The average Bonchev–Trinajstić information content (AvgIpc) is 3.17. The highest BCUT2D eigenvalue weighted by atomic mass is 16.2. The van der Waals surface area contributed by atoms with Gasteiger partial charge in [-0.1, -0.05) is 42.5 Å². The first-order chi connectivity index (χ1) is 11.8. The Balaban J connectivity index is 1.46. The van der Waals surface area contributed by atoms with Crippen molar-refractivity contribution in [3.05, 3.63) is 65.2 Å². The van der Waals surface area contributed by atoms with Gasteiger partial charge in [0, 0.05) is 18.8 Å². The van der Waals surface area contributed by atoms with Crippen molar-refractivity contribution in [1.82, 2.24) is 4.90 Å². The van der Waals surface area contributed by atoms with Crippen molar-refractivity contribution in [2.75, 3.05) is 18.4 Å². The Labute approximate surface area is 143 Å². The minimum absolute atomic E-state index is 0.276. The van der Waals surface area contributed by atoms with Gasteiger partial charge in [-0.3, -0.25) is 4.79 Å². The van der Waals surface area contributed by atoms with E-state index in [4.69, 9.17) is 0 Å². The van der Waals surface area contributed by atoms with E-state index in [1.165, 1.54) is 16.8 Å². The highest BCUT2D eigenvalue weighted by Gasteiger charge is 2.21. The topological polar surface area (TPSA) is 32.3 Å². The molecule has 1 atom stereocenters. The van der Waals surface area contributed by atoms with Crippen LogP contribution in [-0.2, 0) is 17.6 Å². The number of nitrogens with zero attached hydrogens (tertiary/aromatic N) is 1. The Morgan fingerprint density at radius 2 is 1.88 bits per heavy atom. The normalized spacial score (nSPS) is 19.7. The molecule has 0 radical (unpaired) electrons. The molecule has 3 nitrogen and oxygen atoms in total. The van der Waals surface area contributed by atoms with Crippen molar-refractivity contribution in [3.63, 3.8) is 0 Å². The lowest BCUT2D eigenvalue weighted by Crippen LogP contribution is -2.29. The van der Waals surface area contributed by atoms with Crippen LogP contribution in [0.5, 0.6) is 0 Å². The third-order valence-electron chi connectivity index (χ3n) is 5.22. The number of benzene rings is 2. The first kappa shape index (κ1) is 15.3. The van der Waals surface area contributed by atoms with Gasteiger partial charge in [0.15, 0.2) is 0 Å². The van der Waals surface area contributed by atoms with Gasteiger partial charge in [0.05, 0.1) is 12.5 Å². The molecule has 2 heterocycles. The van der Waals surface area contributed by atoms with Crippen LogP contribution >= 0.6 is 0 Å². The van der Waals surface area contributed by atoms with Crippen LogP contribution < -0.4 is 5.32 Å². The zero-order valence-electron chi connectivity index (χ0n) is 14.0. The van der Waals surface area contributed by atoms with E-state index < -0.39 is 0 Å². The quantitative estimate of drug-likeness (QED) is 0.928. The van der Waals surface area contributed by atoms with Crippen LogP contribution in [0.3, 0.4) is 0 Å². The maximum absolute atomic E-state index is 12.3. The number of likely N-dealkylation sites (tertiary alicyclic amines) is 1. The number of fused-ring (bicyclic) bond motifs is 1. The standard InChI is InChI=1S/C21H24N2O/c24-21(23-12-4-5-13-23)15-16-8-10-20-18(14-16)9-11-19(22-20)17-6-2-1-3-7-17/h1-3,6-8,10,14,19,22H,4-5,9,11-13,15H2. The molecule has 0 saturated carbocycles. The summed E-state index contributed by atoms with van der Waals surface area (Å²) in [6.45, 7) is 1.87. The molecule has 124 valence electrons. The summed E-state index contributed by atoms with van der Waals surface area (Å²) < 4.78 is 0. The molecule has 1 saturated heterocycles. The molecular weight excluding hydrogens is 296 g/mol. The molecule has 0 aromatic heterocycles. The van der Waals surface area contributed by atoms with E-state index >= 15 is 0 Å². The Hall–Kier alpha value is -2.29. The van der Waals surface area contributed by atoms with Crippen LogP contribution in [0.25, 0.3) is 0 Å². The molecular formula is C21H24N2O. The van der Waals surface area contributed by atoms with E-state index in [0.29, 0.717) is 12.5 Å². The number of carbonyl (C=O) groups excluding carboxylic acids is 1. The summed E-state index contributed by atoms with van der Waals surface area (Å²) >= 11 is 0. The Morgan fingerprint density at radius 1 is 1.08 bits per heavy atom. The fraction of sp³-hybridized carbons (Fsp3) is 0.381. The largest absolute Gasteiger partial charge is 0.378 e. The zero-order valence-corrected chi connectivity index (χ0v) is 14.0. The van der Waals surface area contributed by atoms with Crippen LogP contribution in [0, 0.1) is 0 Å². The predicted octanol–water partition coefficient (Wildman–Crippen LogP) is 3.95. The van der Waals surface area contributed by atoms with E-state index in [0.717, 1.165) is 44.3 Å². The Kier molecular flexibility index (Phi) is 4.24. The van der Waals surface area contributed by atoms with Crippen LogP contribution in [0.1, 0.15) is 42.0 Å². The van der Waals surface area contributed by atoms with Crippen molar-refractivity contribution >= 4 is 11.6 Å². The molecule has 2 aliphatic heterocycles. The van der Waals surface area contributed by atoms with Crippen molar-refractivity contribution in [2.45, 2.75) is 38.1 Å². The molecule has 3 heteroatoms. The Morgan fingerprint density at radius 3 is 2.67 bits per heavy atom. The average molecular weight is 320 g/mol. The SMILES string of the molecule is O=C(Cc1ccc2c(c1)CCC(c1ccccc1)N2)N1CCCC1. The number of hydrogen-bond donors (Lipinski definition) is 1. The van der Waals surface area contributed by atoms with Gasteiger partial charge in [-0.05, 0) is 48.4 Å². The zero-order chi connectivity index (χ0) is 16.4. The number of aryl methyl sites for hydroxylation is 1. The molecule has 2 aliphatic rings. The first-order valence-corrected chi connectivity index (χ1v) is 9.01. The summed E-state index contributed by atoms with van der Waals surface area (Å²) in [5.74, 6) is 0.276. The van der Waals surface area contributed by atoms with Crippen LogP contribution in [0.4, 0.5) is 5.69 Å². The van der Waals surface area contributed by atoms with Crippen LogP contribution in [0.2, 0.25) is 0 Å². The lowest BCUT2D eigenvalue weighted by atomic mass is 9.92. The second kappa shape index (κ2) is 6.68. The molecule has 1 fully saturated rings. The van der Waals surface area contributed by atoms with Crippen molar-refractivity contribution in [3.8, 4) is 0 Å². The van der Waals surface area contributed by atoms with E-state index in [1.54, 1.807) is 0 Å². The van der Waals surface area contributed by atoms with Crippen LogP contribution in [-0.4, -0.2) is 23.9 Å². The lowest BCUT2D eigenvalue weighted by molar-refractivity contribution is -0.129. The second-order valence-corrected chi connectivity index (χ2v) is 6.90. The smallest absolute Gasteiger partial charge is 0.226 e. The van der Waals surface area contributed by atoms with Gasteiger partial charge in [-0.2, -0.15) is 0 Å². The summed E-state index contributed by atoms with van der Waals surface area (Å²) in [6, 6.07) is 17.5. The minimum atomic E-state index is 0.276. The summed E-state index contributed by atoms with van der Waals surface area (Å²) in [5.41, 5.74) is 5.04. The molecule has 24 heavy (non-hydrogen) atoms. The number of nitrogens with one attached hydrogen (secondary N) is 1. The predicted molar refractivity (Wildman–Crippen MR) is 97.1 cm³/mol. The number of hydrogen-bond acceptors (Lipinski definition) is 2. The number of amides is 1. The van der Waals surface area contributed by atoms with Gasteiger partial charge in [-0.25, -0.2) is 0 Å². The minimum Gasteiger partial charge on any atom is -0.378 e. The number of rotatable bonds is 3. The van der Waals surface area contributed by atoms with Gasteiger partial charge in [0.1, 0.15) is 0 Å². The van der Waals surface area contributed by atoms with E-state index in [-0.39, 0.29) is 5.91 Å². The van der Waals surface area contributed by atoms with E-state index in [1.807, 2.05) is 4.90 Å². The van der Waals surface area contributed by atoms with Crippen molar-refractivity contribution in [2.24, 2.45) is 0 Å². The van der Waals surface area contributed by atoms with Crippen molar-refractivity contribution < 1.29 is 4.79 Å². The molecule has 4 rings (SSSR count). The number of anilines is 1. The Bertz CT molecular complexity index is 720. The monoisotopic (exact) mass is 320 g/mol. The highest BCUT2D eigenvalue weighted by Crippen LogP contribution is 2.33. The molecule has 1 amide bonds. The molecule has 1 N–H and O–H groups in total. The summed E-state index contributed by atoms with van der Waals surface area (Å²) in [6.07, 6.45) is 5.00. The molecule has 2 aromatic carbocycles. The van der Waals surface area contributed by atoms with Gasteiger partial charge >= 0.3 is 0 Å². The summed E-state index contributed by atoms with van der Waals surface area (Å²) in [4.78, 5) is 14.3. The van der Waals surface area contributed by atoms with Gasteiger partial charge < -0.3 is 10.2 Å². The maximum Gasteiger partial charge on any atom is 0.226 e. The number of carbonyl (C=O) groups is 1. The van der Waals surface area contributed by atoms with Crippen LogP contribution in [0.15, 0.2) is 48.5 Å². The third-order valence-corrected chi connectivity index (χ3v) is 5.22. The van der Waals surface area contributed by atoms with E-state index in [9.17, 15) is 4.79 Å². The molecule has 2 aromatic rings.